The van der Waals surface area contributed by atoms with Gasteiger partial charge in [-0.3, -0.25) is 9.80 Å². The Hall–Kier alpha value is -0.490. The Morgan fingerprint density at radius 2 is 2.00 bits per heavy atom. The van der Waals surface area contributed by atoms with Crippen molar-refractivity contribution in [3.05, 3.63) is 15.6 Å². The topological polar surface area (TPSA) is 39.6 Å². The van der Waals surface area contributed by atoms with E-state index in [1.807, 2.05) is 11.3 Å². The van der Waals surface area contributed by atoms with Gasteiger partial charge in [-0.1, -0.05) is 6.92 Å². The zero-order valence-corrected chi connectivity index (χ0v) is 13.2. The molecule has 0 spiro atoms. The summed E-state index contributed by atoms with van der Waals surface area (Å²) in [5.41, 5.74) is 1.38. The standard InChI is InChI=1S/C15H25N3OS/c1-12-2-3-13-14(10-12)20-15(16-13)11-18-6-4-17(5-7-18)8-9-19/h12,19H,2-11H2,1H3. The van der Waals surface area contributed by atoms with Crippen molar-refractivity contribution in [2.45, 2.75) is 32.7 Å². The first-order chi connectivity index (χ1) is 9.74. The molecule has 20 heavy (non-hydrogen) atoms. The summed E-state index contributed by atoms with van der Waals surface area (Å²) in [4.78, 5) is 11.2. The lowest BCUT2D eigenvalue weighted by Gasteiger charge is -2.33. The fraction of sp³-hybridized carbons (Fsp3) is 0.800. The largest absolute Gasteiger partial charge is 0.395 e. The van der Waals surface area contributed by atoms with E-state index in [4.69, 9.17) is 10.1 Å². The first-order valence-electron chi connectivity index (χ1n) is 7.77. The lowest BCUT2D eigenvalue weighted by Crippen LogP contribution is -2.46. The maximum Gasteiger partial charge on any atom is 0.107 e. The van der Waals surface area contributed by atoms with Crippen molar-refractivity contribution in [3.63, 3.8) is 0 Å². The molecular formula is C15H25N3OS. The molecule has 0 bridgehead atoms. The third-order valence-electron chi connectivity index (χ3n) is 4.47. The van der Waals surface area contributed by atoms with Crippen LogP contribution in [0.1, 0.15) is 28.9 Å². The molecule has 1 fully saturated rings. The SMILES string of the molecule is CC1CCc2nc(CN3CCN(CCO)CC3)sc2C1. The highest BCUT2D eigenvalue weighted by atomic mass is 32.1. The molecule has 0 saturated carbocycles. The minimum Gasteiger partial charge on any atom is -0.395 e. The van der Waals surface area contributed by atoms with E-state index < -0.39 is 0 Å². The van der Waals surface area contributed by atoms with Crippen LogP contribution in [0.5, 0.6) is 0 Å². The molecule has 112 valence electrons. The second-order valence-corrected chi connectivity index (χ2v) is 7.34. The number of nitrogens with zero attached hydrogens (tertiary/aromatic N) is 3. The Kier molecular flexibility index (Phi) is 4.71. The Bertz CT molecular complexity index is 440. The molecule has 1 unspecified atom stereocenters. The van der Waals surface area contributed by atoms with Crippen LogP contribution in [0, 0.1) is 5.92 Å². The molecule has 1 N–H and O–H groups in total. The van der Waals surface area contributed by atoms with E-state index in [9.17, 15) is 0 Å². The molecule has 5 heteroatoms. The fourth-order valence-corrected chi connectivity index (χ4v) is 4.49. The van der Waals surface area contributed by atoms with Crippen molar-refractivity contribution < 1.29 is 5.11 Å². The number of fused-ring (bicyclic) bond motifs is 1. The van der Waals surface area contributed by atoms with Crippen LogP contribution in [0.25, 0.3) is 0 Å². The van der Waals surface area contributed by atoms with Gasteiger partial charge in [0, 0.05) is 37.6 Å². The average Bonchev–Trinajstić information content (AvgIpc) is 2.82. The molecule has 1 aromatic rings. The number of β-amino-alcohol motifs (C(OH)–C–C–N with tert-alkyl or cyclic N) is 1. The van der Waals surface area contributed by atoms with Crippen molar-refractivity contribution in [2.24, 2.45) is 5.92 Å². The molecule has 1 aliphatic heterocycles. The molecule has 0 amide bonds. The summed E-state index contributed by atoms with van der Waals surface area (Å²) in [5, 5.41) is 10.3. The Labute approximate surface area is 125 Å². The lowest BCUT2D eigenvalue weighted by atomic mass is 9.93. The van der Waals surface area contributed by atoms with Gasteiger partial charge in [-0.05, 0) is 25.2 Å². The first-order valence-corrected chi connectivity index (χ1v) is 8.59. The molecule has 0 aromatic carbocycles. The van der Waals surface area contributed by atoms with Gasteiger partial charge in [0.25, 0.3) is 0 Å². The summed E-state index contributed by atoms with van der Waals surface area (Å²) in [7, 11) is 0. The second kappa shape index (κ2) is 6.52. The van der Waals surface area contributed by atoms with Crippen molar-refractivity contribution in [1.82, 2.24) is 14.8 Å². The van der Waals surface area contributed by atoms with Crippen molar-refractivity contribution in [1.29, 1.82) is 0 Å². The van der Waals surface area contributed by atoms with Crippen molar-refractivity contribution >= 4 is 11.3 Å². The van der Waals surface area contributed by atoms with E-state index in [-0.39, 0.29) is 6.61 Å². The van der Waals surface area contributed by atoms with Crippen LogP contribution in [0.3, 0.4) is 0 Å². The molecular weight excluding hydrogens is 270 g/mol. The summed E-state index contributed by atoms with van der Waals surface area (Å²) in [6.07, 6.45) is 3.71. The zero-order valence-electron chi connectivity index (χ0n) is 12.3. The number of hydrogen-bond acceptors (Lipinski definition) is 5. The van der Waals surface area contributed by atoms with Crippen LogP contribution in [-0.4, -0.2) is 59.2 Å². The van der Waals surface area contributed by atoms with E-state index >= 15 is 0 Å². The molecule has 2 heterocycles. The molecule has 2 aliphatic rings. The van der Waals surface area contributed by atoms with Gasteiger partial charge in [-0.15, -0.1) is 11.3 Å². The van der Waals surface area contributed by atoms with Gasteiger partial charge in [-0.25, -0.2) is 4.98 Å². The average molecular weight is 295 g/mol. The molecule has 1 saturated heterocycles. The number of aromatic nitrogens is 1. The highest BCUT2D eigenvalue weighted by molar-refractivity contribution is 7.11. The monoisotopic (exact) mass is 295 g/mol. The number of piperazine rings is 1. The van der Waals surface area contributed by atoms with E-state index in [1.54, 1.807) is 0 Å². The third-order valence-corrected chi connectivity index (χ3v) is 5.58. The number of aliphatic hydroxyl groups excluding tert-OH is 1. The van der Waals surface area contributed by atoms with E-state index in [0.717, 1.165) is 45.2 Å². The Morgan fingerprint density at radius 3 is 2.75 bits per heavy atom. The summed E-state index contributed by atoms with van der Waals surface area (Å²) in [5.74, 6) is 0.831. The van der Waals surface area contributed by atoms with Crippen LogP contribution in [0.15, 0.2) is 0 Å². The predicted octanol–water partition coefficient (Wildman–Crippen LogP) is 1.38. The van der Waals surface area contributed by atoms with Gasteiger partial charge >= 0.3 is 0 Å². The van der Waals surface area contributed by atoms with Crippen LogP contribution in [0.2, 0.25) is 0 Å². The highest BCUT2D eigenvalue weighted by Crippen LogP contribution is 2.30. The molecule has 1 aromatic heterocycles. The summed E-state index contributed by atoms with van der Waals surface area (Å²) < 4.78 is 0. The minimum absolute atomic E-state index is 0.275. The molecule has 1 aliphatic carbocycles. The van der Waals surface area contributed by atoms with Gasteiger partial charge in [0.15, 0.2) is 0 Å². The molecule has 3 rings (SSSR count). The Balaban J connectivity index is 1.54. The first kappa shape index (κ1) is 14.4. The van der Waals surface area contributed by atoms with Gasteiger partial charge in [0.2, 0.25) is 0 Å². The highest BCUT2D eigenvalue weighted by Gasteiger charge is 2.22. The van der Waals surface area contributed by atoms with Gasteiger partial charge in [-0.2, -0.15) is 0 Å². The maximum absolute atomic E-state index is 8.97. The van der Waals surface area contributed by atoms with E-state index in [1.165, 1.54) is 34.8 Å². The van der Waals surface area contributed by atoms with Crippen LogP contribution in [0.4, 0.5) is 0 Å². The summed E-state index contributed by atoms with van der Waals surface area (Å²) in [6.45, 7) is 8.79. The van der Waals surface area contributed by atoms with Crippen LogP contribution in [-0.2, 0) is 19.4 Å². The summed E-state index contributed by atoms with van der Waals surface area (Å²) >= 11 is 1.94. The number of aliphatic hydroxyl groups is 1. The smallest absolute Gasteiger partial charge is 0.107 e. The normalized spacial score (nSPS) is 24.8. The quantitative estimate of drug-likeness (QED) is 0.911. The second-order valence-electron chi connectivity index (χ2n) is 6.17. The predicted molar refractivity (Wildman–Crippen MR) is 82.1 cm³/mol. The number of aryl methyl sites for hydroxylation is 1. The van der Waals surface area contributed by atoms with Crippen molar-refractivity contribution in [2.75, 3.05) is 39.3 Å². The van der Waals surface area contributed by atoms with E-state index in [0.29, 0.717) is 0 Å². The van der Waals surface area contributed by atoms with Crippen LogP contribution < -0.4 is 0 Å². The molecule has 4 nitrogen and oxygen atoms in total. The number of rotatable bonds is 4. The zero-order chi connectivity index (χ0) is 13.9. The van der Waals surface area contributed by atoms with E-state index in [2.05, 4.69) is 16.7 Å². The van der Waals surface area contributed by atoms with Gasteiger partial charge < -0.3 is 5.11 Å². The maximum atomic E-state index is 8.97. The van der Waals surface area contributed by atoms with Crippen molar-refractivity contribution in [3.8, 4) is 0 Å². The number of hydrogen-bond donors (Lipinski definition) is 1. The minimum atomic E-state index is 0.275. The van der Waals surface area contributed by atoms with Crippen LogP contribution >= 0.6 is 11.3 Å². The van der Waals surface area contributed by atoms with Gasteiger partial charge in [0.05, 0.1) is 18.8 Å². The molecule has 1 atom stereocenters. The third kappa shape index (κ3) is 3.39. The number of thiazole rings is 1. The fourth-order valence-electron chi connectivity index (χ4n) is 3.16. The summed E-state index contributed by atoms with van der Waals surface area (Å²) in [6, 6.07) is 0. The Morgan fingerprint density at radius 1 is 1.25 bits per heavy atom. The lowest BCUT2D eigenvalue weighted by molar-refractivity contribution is 0.108. The van der Waals surface area contributed by atoms with Gasteiger partial charge in [0.1, 0.15) is 5.01 Å². The molecule has 0 radical (unpaired) electrons.